The van der Waals surface area contributed by atoms with E-state index in [2.05, 4.69) is 25.2 Å². The number of benzene rings is 2. The molecule has 20 heavy (non-hydrogen) atoms. The van der Waals surface area contributed by atoms with Crippen molar-refractivity contribution >= 4 is 11.6 Å². The van der Waals surface area contributed by atoms with E-state index in [0.717, 1.165) is 34.0 Å². The third-order valence-corrected chi connectivity index (χ3v) is 3.50. The Morgan fingerprint density at radius 2 is 1.90 bits per heavy atom. The fourth-order valence-corrected chi connectivity index (χ4v) is 2.34. The first-order valence-corrected chi connectivity index (χ1v) is 7.15. The largest absolute Gasteiger partial charge is 0.496 e. The molecule has 0 atom stereocenters. The first-order chi connectivity index (χ1) is 9.61. The van der Waals surface area contributed by atoms with Crippen LogP contribution in [0.15, 0.2) is 42.5 Å². The number of halogens is 1. The number of methoxy groups -OCH3 is 1. The van der Waals surface area contributed by atoms with Crippen molar-refractivity contribution in [3.8, 4) is 16.9 Å². The lowest BCUT2D eigenvalue weighted by Gasteiger charge is -2.14. The molecule has 0 radical (unpaired) electrons. The number of hydrogen-bond acceptors (Lipinski definition) is 2. The van der Waals surface area contributed by atoms with Crippen molar-refractivity contribution in [3.63, 3.8) is 0 Å². The van der Waals surface area contributed by atoms with Gasteiger partial charge in [0.25, 0.3) is 0 Å². The van der Waals surface area contributed by atoms with Crippen molar-refractivity contribution in [1.29, 1.82) is 0 Å². The summed E-state index contributed by atoms with van der Waals surface area (Å²) in [5, 5.41) is 4.18. The fraction of sp³-hybridized carbons (Fsp3) is 0.294. The number of nitrogens with one attached hydrogen (secondary N) is 1. The van der Waals surface area contributed by atoms with E-state index in [-0.39, 0.29) is 0 Å². The highest BCUT2D eigenvalue weighted by Crippen LogP contribution is 2.31. The van der Waals surface area contributed by atoms with Crippen LogP contribution in [0, 0.1) is 0 Å². The van der Waals surface area contributed by atoms with E-state index in [0.29, 0.717) is 6.04 Å². The summed E-state index contributed by atoms with van der Waals surface area (Å²) < 4.78 is 5.43. The van der Waals surface area contributed by atoms with Crippen LogP contribution in [0.25, 0.3) is 11.1 Å². The lowest BCUT2D eigenvalue weighted by atomic mass is 10.0. The molecule has 2 rings (SSSR count). The minimum Gasteiger partial charge on any atom is -0.496 e. The molecule has 0 aliphatic carbocycles. The van der Waals surface area contributed by atoms with Crippen molar-refractivity contribution in [2.24, 2.45) is 0 Å². The van der Waals surface area contributed by atoms with E-state index < -0.39 is 0 Å². The standard InChI is InChI=1S/C17H20ClNO/c1-12(2)19-11-14-10-13(8-9-17(14)20-3)15-6-4-5-7-16(15)18/h4-10,12,19H,11H2,1-3H3. The summed E-state index contributed by atoms with van der Waals surface area (Å²) >= 11 is 6.27. The average molecular weight is 290 g/mol. The summed E-state index contributed by atoms with van der Waals surface area (Å²) in [4.78, 5) is 0. The van der Waals surface area contributed by atoms with Crippen LogP contribution < -0.4 is 10.1 Å². The van der Waals surface area contributed by atoms with Crippen LogP contribution in [-0.4, -0.2) is 13.2 Å². The highest BCUT2D eigenvalue weighted by atomic mass is 35.5. The van der Waals surface area contributed by atoms with Gasteiger partial charge < -0.3 is 10.1 Å². The fourth-order valence-electron chi connectivity index (χ4n) is 2.09. The van der Waals surface area contributed by atoms with Crippen molar-refractivity contribution in [2.45, 2.75) is 26.4 Å². The van der Waals surface area contributed by atoms with Crippen molar-refractivity contribution in [2.75, 3.05) is 7.11 Å². The monoisotopic (exact) mass is 289 g/mol. The zero-order valence-electron chi connectivity index (χ0n) is 12.1. The highest BCUT2D eigenvalue weighted by Gasteiger charge is 2.08. The second kappa shape index (κ2) is 6.78. The molecule has 0 fully saturated rings. The summed E-state index contributed by atoms with van der Waals surface area (Å²) in [5.74, 6) is 0.897. The highest BCUT2D eigenvalue weighted by molar-refractivity contribution is 6.33. The average Bonchev–Trinajstić information content (AvgIpc) is 2.45. The Morgan fingerprint density at radius 1 is 1.15 bits per heavy atom. The molecule has 2 aromatic carbocycles. The maximum atomic E-state index is 6.27. The lowest BCUT2D eigenvalue weighted by molar-refractivity contribution is 0.406. The van der Waals surface area contributed by atoms with Gasteiger partial charge in [0.05, 0.1) is 7.11 Å². The van der Waals surface area contributed by atoms with E-state index in [1.165, 1.54) is 0 Å². The van der Waals surface area contributed by atoms with Gasteiger partial charge in [0.15, 0.2) is 0 Å². The van der Waals surface area contributed by atoms with Crippen LogP contribution in [-0.2, 0) is 6.54 Å². The van der Waals surface area contributed by atoms with Crippen LogP contribution in [0.1, 0.15) is 19.4 Å². The van der Waals surface area contributed by atoms with E-state index in [1.807, 2.05) is 36.4 Å². The molecule has 0 aromatic heterocycles. The molecule has 0 spiro atoms. The van der Waals surface area contributed by atoms with Crippen LogP contribution >= 0.6 is 11.6 Å². The molecule has 2 nitrogen and oxygen atoms in total. The molecule has 0 saturated heterocycles. The Bertz CT molecular complexity index is 581. The summed E-state index contributed by atoms with van der Waals surface area (Å²) in [6.45, 7) is 5.04. The Hall–Kier alpha value is -1.51. The maximum absolute atomic E-state index is 6.27. The lowest BCUT2D eigenvalue weighted by Crippen LogP contribution is -2.22. The van der Waals surface area contributed by atoms with Gasteiger partial charge in [-0.05, 0) is 23.8 Å². The summed E-state index contributed by atoms with van der Waals surface area (Å²) in [6.07, 6.45) is 0. The predicted molar refractivity (Wildman–Crippen MR) is 85.4 cm³/mol. The topological polar surface area (TPSA) is 21.3 Å². The van der Waals surface area contributed by atoms with Gasteiger partial charge in [0.2, 0.25) is 0 Å². The Labute approximate surface area is 125 Å². The first-order valence-electron chi connectivity index (χ1n) is 6.77. The smallest absolute Gasteiger partial charge is 0.123 e. The molecule has 0 bridgehead atoms. The molecular weight excluding hydrogens is 270 g/mol. The van der Waals surface area contributed by atoms with Gasteiger partial charge in [-0.3, -0.25) is 0 Å². The van der Waals surface area contributed by atoms with Gasteiger partial charge >= 0.3 is 0 Å². The van der Waals surface area contributed by atoms with Crippen LogP contribution in [0.4, 0.5) is 0 Å². The van der Waals surface area contributed by atoms with Crippen molar-refractivity contribution in [3.05, 3.63) is 53.1 Å². The zero-order valence-corrected chi connectivity index (χ0v) is 12.9. The number of ether oxygens (including phenoxy) is 1. The normalized spacial score (nSPS) is 10.8. The van der Waals surface area contributed by atoms with E-state index >= 15 is 0 Å². The Kier molecular flexibility index (Phi) is 5.05. The van der Waals surface area contributed by atoms with Gasteiger partial charge in [-0.1, -0.05) is 49.7 Å². The summed E-state index contributed by atoms with van der Waals surface area (Å²) in [7, 11) is 1.70. The molecule has 0 heterocycles. The number of hydrogen-bond donors (Lipinski definition) is 1. The van der Waals surface area contributed by atoms with E-state index in [9.17, 15) is 0 Å². The van der Waals surface area contributed by atoms with E-state index in [4.69, 9.17) is 16.3 Å². The van der Waals surface area contributed by atoms with Gasteiger partial charge in [0.1, 0.15) is 5.75 Å². The maximum Gasteiger partial charge on any atom is 0.123 e. The van der Waals surface area contributed by atoms with Crippen molar-refractivity contribution in [1.82, 2.24) is 5.32 Å². The molecule has 0 aliphatic rings. The molecule has 0 amide bonds. The molecule has 1 N–H and O–H groups in total. The minimum atomic E-state index is 0.434. The molecule has 106 valence electrons. The molecule has 2 aromatic rings. The second-order valence-electron chi connectivity index (χ2n) is 5.04. The third-order valence-electron chi connectivity index (χ3n) is 3.17. The molecular formula is C17H20ClNO. The molecule has 0 saturated carbocycles. The second-order valence-corrected chi connectivity index (χ2v) is 5.45. The molecule has 3 heteroatoms. The quantitative estimate of drug-likeness (QED) is 0.874. The Morgan fingerprint density at radius 3 is 2.55 bits per heavy atom. The Balaban J connectivity index is 2.36. The summed E-state index contributed by atoms with van der Waals surface area (Å²) in [5.41, 5.74) is 3.29. The van der Waals surface area contributed by atoms with Crippen LogP contribution in [0.5, 0.6) is 5.75 Å². The van der Waals surface area contributed by atoms with Crippen LogP contribution in [0.3, 0.4) is 0 Å². The van der Waals surface area contributed by atoms with Gasteiger partial charge in [-0.2, -0.15) is 0 Å². The SMILES string of the molecule is COc1ccc(-c2ccccc2Cl)cc1CNC(C)C. The van der Waals surface area contributed by atoms with E-state index in [1.54, 1.807) is 7.11 Å². The third kappa shape index (κ3) is 3.53. The molecule has 0 unspecified atom stereocenters. The predicted octanol–water partition coefficient (Wildman–Crippen LogP) is 4.51. The van der Waals surface area contributed by atoms with Crippen LogP contribution in [0.2, 0.25) is 5.02 Å². The number of rotatable bonds is 5. The van der Waals surface area contributed by atoms with Crippen molar-refractivity contribution < 1.29 is 4.74 Å². The first kappa shape index (κ1) is 14.9. The van der Waals surface area contributed by atoms with Gasteiger partial charge in [-0.25, -0.2) is 0 Å². The van der Waals surface area contributed by atoms with Gasteiger partial charge in [-0.15, -0.1) is 0 Å². The zero-order chi connectivity index (χ0) is 14.5. The van der Waals surface area contributed by atoms with Gasteiger partial charge in [0, 0.05) is 28.7 Å². The molecule has 0 aliphatic heterocycles. The minimum absolute atomic E-state index is 0.434. The summed E-state index contributed by atoms with van der Waals surface area (Å²) in [6, 6.07) is 14.5.